The van der Waals surface area contributed by atoms with Gasteiger partial charge in [-0.15, -0.1) is 0 Å². The van der Waals surface area contributed by atoms with Crippen LogP contribution in [0.15, 0.2) is 29.0 Å². The van der Waals surface area contributed by atoms with Crippen molar-refractivity contribution in [2.45, 2.75) is 6.92 Å². The molecule has 1 aromatic carbocycles. The molecule has 3 rings (SSSR count). The maximum absolute atomic E-state index is 6.01. The first-order valence-electron chi connectivity index (χ1n) is 5.86. The molecule has 102 valence electrons. The van der Waals surface area contributed by atoms with Crippen LogP contribution in [0, 0.1) is 6.92 Å². The van der Waals surface area contributed by atoms with Gasteiger partial charge >= 0.3 is 0 Å². The molecule has 20 heavy (non-hydrogen) atoms. The Balaban J connectivity index is 2.09. The molecule has 6 nitrogen and oxygen atoms in total. The zero-order valence-electron chi connectivity index (χ0n) is 10.8. The minimum atomic E-state index is 0.431. The van der Waals surface area contributed by atoms with Crippen molar-refractivity contribution in [2.24, 2.45) is 0 Å². The molecule has 2 aromatic heterocycles. The van der Waals surface area contributed by atoms with E-state index in [-0.39, 0.29) is 0 Å². The van der Waals surface area contributed by atoms with Crippen LogP contribution in [0.2, 0.25) is 5.02 Å². The molecule has 0 saturated carbocycles. The lowest BCUT2D eigenvalue weighted by atomic mass is 10.2. The van der Waals surface area contributed by atoms with Crippen LogP contribution in [0.4, 0.5) is 11.5 Å². The second-order valence-corrected chi connectivity index (χ2v) is 4.58. The monoisotopic (exact) mass is 290 g/mol. The Hall–Kier alpha value is -2.34. The smallest absolute Gasteiger partial charge is 0.263 e. The number of benzene rings is 1. The maximum atomic E-state index is 6.01. The van der Waals surface area contributed by atoms with Crippen molar-refractivity contribution in [2.75, 3.05) is 12.4 Å². The summed E-state index contributed by atoms with van der Waals surface area (Å²) in [6.45, 7) is 1.83. The SMILES string of the molecule is COc1ccc(Cl)cc1Nc1ncnc2onc(C)c12. The van der Waals surface area contributed by atoms with Gasteiger partial charge in [-0.3, -0.25) is 0 Å². The summed E-state index contributed by atoms with van der Waals surface area (Å²) in [7, 11) is 1.59. The number of halogens is 1. The quantitative estimate of drug-likeness (QED) is 0.797. The van der Waals surface area contributed by atoms with Gasteiger partial charge in [0, 0.05) is 5.02 Å². The van der Waals surface area contributed by atoms with Crippen molar-refractivity contribution >= 4 is 34.2 Å². The molecule has 0 atom stereocenters. The molecule has 3 aromatic rings. The molecule has 0 fully saturated rings. The normalized spacial score (nSPS) is 10.8. The number of nitrogens with one attached hydrogen (secondary N) is 1. The summed E-state index contributed by atoms with van der Waals surface area (Å²) >= 11 is 6.01. The average molecular weight is 291 g/mol. The highest BCUT2D eigenvalue weighted by molar-refractivity contribution is 6.31. The average Bonchev–Trinajstić information content (AvgIpc) is 2.82. The molecule has 0 bridgehead atoms. The van der Waals surface area contributed by atoms with Gasteiger partial charge in [0.05, 0.1) is 18.5 Å². The molecule has 0 unspecified atom stereocenters. The van der Waals surface area contributed by atoms with Crippen LogP contribution in [0.1, 0.15) is 5.69 Å². The van der Waals surface area contributed by atoms with Gasteiger partial charge in [0.1, 0.15) is 23.3 Å². The van der Waals surface area contributed by atoms with E-state index in [0.29, 0.717) is 33.7 Å². The molecule has 0 spiro atoms. The van der Waals surface area contributed by atoms with Crippen LogP contribution in [0.5, 0.6) is 5.75 Å². The summed E-state index contributed by atoms with van der Waals surface area (Å²) in [5.41, 5.74) is 1.85. The van der Waals surface area contributed by atoms with Crippen LogP contribution < -0.4 is 10.1 Å². The van der Waals surface area contributed by atoms with E-state index >= 15 is 0 Å². The van der Waals surface area contributed by atoms with Gasteiger partial charge in [0.25, 0.3) is 5.71 Å². The molecule has 0 radical (unpaired) electrons. The Morgan fingerprint density at radius 3 is 2.95 bits per heavy atom. The van der Waals surface area contributed by atoms with Gasteiger partial charge in [-0.25, -0.2) is 4.98 Å². The number of hydrogen-bond acceptors (Lipinski definition) is 6. The van der Waals surface area contributed by atoms with E-state index < -0.39 is 0 Å². The zero-order valence-corrected chi connectivity index (χ0v) is 11.6. The fourth-order valence-corrected chi connectivity index (χ4v) is 2.09. The number of methoxy groups -OCH3 is 1. The predicted octanol–water partition coefficient (Wildman–Crippen LogP) is 3.33. The summed E-state index contributed by atoms with van der Waals surface area (Å²) in [6, 6.07) is 5.30. The summed E-state index contributed by atoms with van der Waals surface area (Å²) in [5.74, 6) is 1.25. The van der Waals surface area contributed by atoms with Gasteiger partial charge in [0.15, 0.2) is 0 Å². The summed E-state index contributed by atoms with van der Waals surface area (Å²) in [5, 5.41) is 8.39. The number of ether oxygens (including phenoxy) is 1. The van der Waals surface area contributed by atoms with E-state index in [1.54, 1.807) is 25.3 Å². The number of fused-ring (bicyclic) bond motifs is 1. The van der Waals surface area contributed by atoms with Crippen molar-refractivity contribution < 1.29 is 9.26 Å². The molecule has 2 heterocycles. The van der Waals surface area contributed by atoms with Crippen LogP contribution in [0.25, 0.3) is 11.1 Å². The van der Waals surface area contributed by atoms with Crippen LogP contribution >= 0.6 is 11.6 Å². The lowest BCUT2D eigenvalue weighted by molar-refractivity contribution is 0.417. The molecule has 0 saturated heterocycles. The molecular formula is C13H11ClN4O2. The molecular weight excluding hydrogens is 280 g/mol. The lowest BCUT2D eigenvalue weighted by Gasteiger charge is -2.11. The highest BCUT2D eigenvalue weighted by atomic mass is 35.5. The second kappa shape index (κ2) is 4.97. The Labute approximate surface area is 119 Å². The van der Waals surface area contributed by atoms with E-state index in [1.165, 1.54) is 6.33 Å². The van der Waals surface area contributed by atoms with Crippen LogP contribution in [-0.4, -0.2) is 22.2 Å². The third-order valence-corrected chi connectivity index (χ3v) is 3.09. The Kier molecular flexibility index (Phi) is 3.15. The number of nitrogens with zero attached hydrogens (tertiary/aromatic N) is 3. The number of aryl methyl sites for hydroxylation is 1. The van der Waals surface area contributed by atoms with E-state index in [9.17, 15) is 0 Å². The standard InChI is InChI=1S/C13H11ClN4O2/c1-7-11-12(15-6-16-13(11)20-18-7)17-9-5-8(14)3-4-10(9)19-2/h3-6H,1-2H3,(H,15,16,17). The Bertz CT molecular complexity index is 772. The number of aromatic nitrogens is 3. The minimum absolute atomic E-state index is 0.431. The maximum Gasteiger partial charge on any atom is 0.263 e. The first-order valence-corrected chi connectivity index (χ1v) is 6.24. The first-order chi connectivity index (χ1) is 9.69. The second-order valence-electron chi connectivity index (χ2n) is 4.14. The van der Waals surface area contributed by atoms with Crippen molar-refractivity contribution in [1.29, 1.82) is 0 Å². The van der Waals surface area contributed by atoms with E-state index in [1.807, 2.05) is 6.92 Å². The third-order valence-electron chi connectivity index (χ3n) is 2.86. The summed E-state index contributed by atoms with van der Waals surface area (Å²) in [4.78, 5) is 8.25. The first kappa shape index (κ1) is 12.7. The zero-order chi connectivity index (χ0) is 14.1. The fraction of sp³-hybridized carbons (Fsp3) is 0.154. The Morgan fingerprint density at radius 1 is 1.30 bits per heavy atom. The molecule has 0 amide bonds. The van der Waals surface area contributed by atoms with E-state index in [4.69, 9.17) is 20.9 Å². The lowest BCUT2D eigenvalue weighted by Crippen LogP contribution is -1.98. The summed E-state index contributed by atoms with van der Waals surface area (Å²) < 4.78 is 10.4. The predicted molar refractivity (Wildman–Crippen MR) is 75.6 cm³/mol. The highest BCUT2D eigenvalue weighted by Gasteiger charge is 2.13. The third kappa shape index (κ3) is 2.14. The van der Waals surface area contributed by atoms with Crippen molar-refractivity contribution in [3.63, 3.8) is 0 Å². The summed E-state index contributed by atoms with van der Waals surface area (Å²) in [6.07, 6.45) is 1.41. The molecule has 0 aliphatic rings. The van der Waals surface area contributed by atoms with Crippen LogP contribution in [-0.2, 0) is 0 Å². The van der Waals surface area contributed by atoms with E-state index in [2.05, 4.69) is 20.4 Å². The van der Waals surface area contributed by atoms with Crippen molar-refractivity contribution in [3.8, 4) is 5.75 Å². The van der Waals surface area contributed by atoms with Gasteiger partial charge in [-0.2, -0.15) is 4.98 Å². The van der Waals surface area contributed by atoms with Crippen molar-refractivity contribution in [3.05, 3.63) is 35.2 Å². The highest BCUT2D eigenvalue weighted by Crippen LogP contribution is 2.32. The van der Waals surface area contributed by atoms with E-state index in [0.717, 1.165) is 5.39 Å². The number of hydrogen-bond donors (Lipinski definition) is 1. The minimum Gasteiger partial charge on any atom is -0.495 e. The Morgan fingerprint density at radius 2 is 2.15 bits per heavy atom. The molecule has 0 aliphatic carbocycles. The fourth-order valence-electron chi connectivity index (χ4n) is 1.92. The van der Waals surface area contributed by atoms with Gasteiger partial charge < -0.3 is 14.6 Å². The largest absolute Gasteiger partial charge is 0.495 e. The number of rotatable bonds is 3. The van der Waals surface area contributed by atoms with Gasteiger partial charge in [-0.05, 0) is 25.1 Å². The molecule has 1 N–H and O–H groups in total. The topological polar surface area (TPSA) is 73.1 Å². The van der Waals surface area contributed by atoms with Gasteiger partial charge in [-0.1, -0.05) is 16.8 Å². The molecule has 0 aliphatic heterocycles. The molecule has 7 heteroatoms. The van der Waals surface area contributed by atoms with Crippen LogP contribution in [0.3, 0.4) is 0 Å². The van der Waals surface area contributed by atoms with Crippen molar-refractivity contribution in [1.82, 2.24) is 15.1 Å². The van der Waals surface area contributed by atoms with Gasteiger partial charge in [0.2, 0.25) is 0 Å². The number of anilines is 2.